The van der Waals surface area contributed by atoms with E-state index in [-0.39, 0.29) is 64.6 Å². The Morgan fingerprint density at radius 2 is 0.657 bits per heavy atom. The molecule has 137 heavy (non-hydrogen) atoms. The summed E-state index contributed by atoms with van der Waals surface area (Å²) in [5.41, 5.74) is 39.5. The van der Waals surface area contributed by atoms with E-state index >= 15 is 0 Å². The van der Waals surface area contributed by atoms with Crippen LogP contribution in [0.5, 0.6) is 5.75 Å². The lowest BCUT2D eigenvalue weighted by atomic mass is 10.0. The molecule has 0 bridgehead atoms. The number of likely N-dealkylation sites (tertiary alicyclic amines) is 2. The first-order chi connectivity index (χ1) is 66.5. The summed E-state index contributed by atoms with van der Waals surface area (Å²) in [6.45, 7) is 7.44. The van der Waals surface area contributed by atoms with Crippen molar-refractivity contribution < 1.29 is 28.7 Å². The van der Waals surface area contributed by atoms with Crippen molar-refractivity contribution >= 4 is 161 Å². The largest absolute Gasteiger partial charge is 0.497 e. The van der Waals surface area contributed by atoms with Gasteiger partial charge in [0.1, 0.15) is 5.75 Å². The Hall–Kier alpha value is -15.7. The number of fused-ring (bicyclic) bond motifs is 4. The Kier molecular flexibility index (Phi) is 29.0. The van der Waals surface area contributed by atoms with E-state index < -0.39 is 6.03 Å². The molecule has 8 aromatic heterocycles. The summed E-state index contributed by atoms with van der Waals surface area (Å²) in [7, 11) is 5.74. The van der Waals surface area contributed by atoms with Crippen LogP contribution in [0.25, 0.3) is 134 Å². The van der Waals surface area contributed by atoms with Crippen LogP contribution in [0.3, 0.4) is 0 Å². The molecule has 40 heteroatoms. The minimum absolute atomic E-state index is 0.0905. The van der Waals surface area contributed by atoms with Gasteiger partial charge in [0.2, 0.25) is 0 Å². The van der Waals surface area contributed by atoms with Gasteiger partial charge in [-0.25, -0.2) is 59.0 Å². The van der Waals surface area contributed by atoms with Crippen LogP contribution in [0, 0.1) is 17.8 Å². The third-order valence-corrected chi connectivity index (χ3v) is 24.3. The maximum absolute atomic E-state index is 12.7. The number of aromatic amines is 4. The highest BCUT2D eigenvalue weighted by atomic mass is 35.5. The fourth-order valence-electron chi connectivity index (χ4n) is 16.1. The molecule has 3 aliphatic heterocycles. The minimum atomic E-state index is -0.464. The van der Waals surface area contributed by atoms with Gasteiger partial charge in [-0.3, -0.25) is 41.7 Å². The number of hydrogen-bond acceptors (Lipinski definition) is 24. The van der Waals surface area contributed by atoms with Gasteiger partial charge in [0.15, 0.2) is 46.5 Å². The van der Waals surface area contributed by atoms with Crippen LogP contribution in [-0.2, 0) is 11.3 Å². The lowest BCUT2D eigenvalue weighted by Crippen LogP contribution is -2.49. The molecule has 0 saturated carbocycles. The zero-order chi connectivity index (χ0) is 95.2. The number of nitrogen functional groups attached to an aromatic ring is 4. The first-order valence-electron chi connectivity index (χ1n) is 43.8. The molecule has 11 heterocycles. The summed E-state index contributed by atoms with van der Waals surface area (Å²) < 4.78 is 10.5. The monoisotopic (exact) mass is 1910 g/mol. The molecule has 36 nitrogen and oxygen atoms in total. The number of nitrogens with zero attached hydrogens (tertiary/aromatic N) is 14. The second-order valence-electron chi connectivity index (χ2n) is 33.0. The Balaban J connectivity index is 0.000000127. The van der Waals surface area contributed by atoms with Gasteiger partial charge in [0, 0.05) is 131 Å². The van der Waals surface area contributed by atoms with Crippen molar-refractivity contribution in [3.05, 3.63) is 245 Å². The first kappa shape index (κ1) is 93.1. The average Bonchev–Trinajstić information content (AvgIpc) is 1.56. The van der Waals surface area contributed by atoms with Crippen LogP contribution < -0.4 is 70.2 Å². The number of H-pyrrole nitrogens is 4. The molecule has 696 valence electrons. The number of nitrogens with one attached hydrogen (secondary N) is 12. The number of ether oxygens (including phenoxy) is 2. The van der Waals surface area contributed by atoms with E-state index in [0.717, 1.165) is 153 Å². The molecule has 20 rings (SSSR count). The molecule has 0 aliphatic carbocycles. The van der Waals surface area contributed by atoms with Crippen molar-refractivity contribution in [2.45, 2.75) is 25.8 Å². The maximum Gasteiger partial charge on any atom is 0.320 e. The number of halogens is 4. The van der Waals surface area contributed by atoms with Crippen LogP contribution in [0.15, 0.2) is 219 Å². The maximum atomic E-state index is 12.7. The molecule has 3 fully saturated rings. The van der Waals surface area contributed by atoms with Crippen molar-refractivity contribution in [3.63, 3.8) is 0 Å². The Bertz CT molecular complexity index is 7020. The molecule has 0 radical (unpaired) electrons. The molecule has 1 atom stereocenters. The predicted molar refractivity (Wildman–Crippen MR) is 538 cm³/mol. The van der Waals surface area contributed by atoms with Gasteiger partial charge in [-0.2, -0.15) is 20.4 Å². The lowest BCUT2D eigenvalue weighted by molar-refractivity contribution is 0.0671. The summed E-state index contributed by atoms with van der Waals surface area (Å²) in [5.74, 6) is 3.20. The van der Waals surface area contributed by atoms with Gasteiger partial charge in [0.05, 0.1) is 120 Å². The van der Waals surface area contributed by atoms with E-state index in [1.165, 1.54) is 0 Å². The number of aromatic nitrogens is 16. The summed E-state index contributed by atoms with van der Waals surface area (Å²) in [6, 6.07) is 59.1. The van der Waals surface area contributed by atoms with Gasteiger partial charge in [-0.15, -0.1) is 0 Å². The van der Waals surface area contributed by atoms with Crippen LogP contribution >= 0.6 is 46.4 Å². The average molecular weight is 1920 g/mol. The second kappa shape index (κ2) is 42.7. The number of urea groups is 4. The Morgan fingerprint density at radius 3 is 0.956 bits per heavy atom. The Labute approximate surface area is 804 Å². The topological polar surface area (TPSA) is 511 Å². The number of anilines is 8. The van der Waals surface area contributed by atoms with Crippen molar-refractivity contribution in [1.29, 1.82) is 0 Å². The van der Waals surface area contributed by atoms with E-state index in [9.17, 15) is 19.2 Å². The highest BCUT2D eigenvalue weighted by molar-refractivity contribution is 6.37. The van der Waals surface area contributed by atoms with Gasteiger partial charge < -0.3 is 63.5 Å². The molecule has 3 saturated heterocycles. The molecule has 9 aromatic carbocycles. The van der Waals surface area contributed by atoms with Crippen molar-refractivity contribution in [2.24, 2.45) is 17.8 Å². The van der Waals surface area contributed by atoms with E-state index in [1.807, 2.05) is 170 Å². The normalized spacial score (nSPS) is 13.8. The van der Waals surface area contributed by atoms with Crippen molar-refractivity contribution in [2.75, 3.05) is 124 Å². The van der Waals surface area contributed by atoms with Gasteiger partial charge >= 0.3 is 24.1 Å². The van der Waals surface area contributed by atoms with Crippen molar-refractivity contribution in [1.82, 2.24) is 112 Å². The quantitative estimate of drug-likeness (QED) is 0.0318. The number of carbonyl (C=O) groups is 4. The summed E-state index contributed by atoms with van der Waals surface area (Å²) >= 11 is 26.0. The van der Waals surface area contributed by atoms with Crippen LogP contribution in [-0.4, -0.2) is 195 Å². The number of amides is 8. The smallest absolute Gasteiger partial charge is 0.320 e. The van der Waals surface area contributed by atoms with Crippen LogP contribution in [0.4, 0.5) is 65.7 Å². The molecular formula is C97H94Cl4N30O6. The number of nitrogens with two attached hydrogens (primary N) is 4. The summed E-state index contributed by atoms with van der Waals surface area (Å²) in [6.07, 6.45) is 9.69. The molecule has 0 spiro atoms. The summed E-state index contributed by atoms with van der Waals surface area (Å²) in [4.78, 5) is 92.1. The summed E-state index contributed by atoms with van der Waals surface area (Å²) in [5, 5.41) is 55.7. The predicted octanol–water partition coefficient (Wildman–Crippen LogP) is 17.3. The molecule has 17 aromatic rings. The minimum Gasteiger partial charge on any atom is -0.497 e. The molecule has 1 unspecified atom stereocenters. The van der Waals surface area contributed by atoms with Gasteiger partial charge in [0.25, 0.3) is 0 Å². The zero-order valence-corrected chi connectivity index (χ0v) is 77.3. The number of hydrogen-bond donors (Lipinski definition) is 16. The Morgan fingerprint density at radius 1 is 0.365 bits per heavy atom. The van der Waals surface area contributed by atoms with Crippen LogP contribution in [0.2, 0.25) is 20.1 Å². The molecule has 3 aliphatic rings. The third kappa shape index (κ3) is 22.5. The number of carbonyl (C=O) groups excluding carboxylic acids is 4. The highest BCUT2D eigenvalue weighted by Gasteiger charge is 2.29. The number of benzene rings is 9. The second-order valence-corrected chi connectivity index (χ2v) is 34.6. The van der Waals surface area contributed by atoms with Gasteiger partial charge in [-0.05, 0) is 118 Å². The standard InChI is InChI=1S/C26H22ClN7O2.C24H25ClN8O.C24H24ClN7O2.C23H23ClN8O/c1-36-19-9-7-15(8-10-19)13-29-26(35)33-25-24(28)31-22(16-5-3-2-4-6-16)23(32-25)17-11-18-14-30-34-21(18)20(27)12-17;1-33-8-7-14(13-33)11-27-24(34)31-23-22(26)29-20(15-5-3-2-4-6-15)21(30-23)16-9-17-12-28-32-19(17)18(25)10-16;25-18-11-16(10-17-13-28-32-19(17)18)21-20(15-4-2-1-3-5-15)29-22(26)23(30-21)31-24(33)27-12-14-6-8-34-9-7-14;1-32-11-13(12-32)9-26-23(33)30-22-21(25)28-19(14-5-3-2-4-6-14)20(29-22)15-7-16-10-27-31-18(16)17(24)8-15/h2-12,14H,13H2,1H3,(H2,28,31)(H,30,34)(H2,29,32,33,35);2-6,9-10,12,14H,7-8,11,13H2,1H3,(H2,26,29)(H,28,32)(H2,27,30,31,34);1-5,10-11,13-14H,6-9,12H2,(H2,26,29)(H,28,32)(H2,27,30,31,33);2-8,10,13H,9,11-12H2,1H3,(H2,25,28)(H,27,31)(H2,26,29,30,33). The van der Waals surface area contributed by atoms with E-state index in [4.69, 9.17) is 98.7 Å². The van der Waals surface area contributed by atoms with Crippen LogP contribution in [0.1, 0.15) is 24.8 Å². The fourth-order valence-corrected chi connectivity index (χ4v) is 17.2. The third-order valence-electron chi connectivity index (χ3n) is 23.1. The van der Waals surface area contributed by atoms with Gasteiger partial charge in [-0.1, -0.05) is 180 Å². The lowest BCUT2D eigenvalue weighted by Gasteiger charge is -2.36. The number of methoxy groups -OCH3 is 1. The molecular weight excluding hydrogens is 1820 g/mol. The van der Waals surface area contributed by atoms with E-state index in [2.05, 4.69) is 127 Å². The zero-order valence-electron chi connectivity index (χ0n) is 74.2. The molecule has 20 N–H and O–H groups in total. The van der Waals surface area contributed by atoms with Crippen molar-refractivity contribution in [3.8, 4) is 95.8 Å². The SMILES string of the molecule is CN1CC(CNC(=O)Nc2nc(-c3cc(Cl)c4[nH]ncc4c3)c(-c3ccccc3)nc2N)C1.CN1CCC(CNC(=O)Nc2nc(-c3cc(Cl)c4[nH]ncc4c3)c(-c3ccccc3)nc2N)C1.COc1ccc(CNC(=O)Nc2nc(-c3cc(Cl)c4[nH]ncc4c3)c(-c3ccccc3)nc2N)cc1.Nc1nc(-c2ccccc2)c(-c2cc(Cl)c3[nH]ncc3c2)nc1NC(=O)NCC1CCOCC1. The highest BCUT2D eigenvalue weighted by Crippen LogP contribution is 2.42. The fraction of sp³-hybridized carbons (Fsp3) is 0.196. The first-order valence-corrected chi connectivity index (χ1v) is 45.3. The van der Waals surface area contributed by atoms with E-state index in [0.29, 0.717) is 115 Å². The molecule has 8 amide bonds. The number of rotatable bonds is 21. The van der Waals surface area contributed by atoms with E-state index in [1.54, 1.807) is 56.2 Å².